The molecule has 2 aliphatic rings. The van der Waals surface area contributed by atoms with E-state index in [9.17, 15) is 4.39 Å². The first-order valence-electron chi connectivity index (χ1n) is 7.53. The van der Waals surface area contributed by atoms with E-state index in [2.05, 4.69) is 10.2 Å². The SMILES string of the molecule is Fc1ccc(N2CCCNC3(CCCCC3)C2)cc1. The first-order valence-corrected chi connectivity index (χ1v) is 7.53. The third-order valence-corrected chi connectivity index (χ3v) is 4.60. The van der Waals surface area contributed by atoms with Crippen molar-refractivity contribution in [2.24, 2.45) is 0 Å². The molecule has 1 aromatic rings. The normalized spacial score (nSPS) is 23.3. The van der Waals surface area contributed by atoms with E-state index >= 15 is 0 Å². The van der Waals surface area contributed by atoms with Crippen LogP contribution in [0.5, 0.6) is 0 Å². The number of benzene rings is 1. The summed E-state index contributed by atoms with van der Waals surface area (Å²) in [5, 5.41) is 3.79. The maximum atomic E-state index is 13.1. The molecular formula is C16H23FN2. The molecule has 0 unspecified atom stereocenters. The molecule has 1 aliphatic heterocycles. The Bertz CT molecular complexity index is 409. The summed E-state index contributed by atoms with van der Waals surface area (Å²) in [6.07, 6.45) is 7.78. The molecule has 1 saturated carbocycles. The first-order chi connectivity index (χ1) is 9.27. The highest BCUT2D eigenvalue weighted by Gasteiger charge is 2.34. The van der Waals surface area contributed by atoms with Gasteiger partial charge in [-0.05, 0) is 50.1 Å². The van der Waals surface area contributed by atoms with Crippen molar-refractivity contribution in [3.8, 4) is 0 Å². The lowest BCUT2D eigenvalue weighted by molar-refractivity contribution is 0.246. The molecule has 104 valence electrons. The smallest absolute Gasteiger partial charge is 0.123 e. The van der Waals surface area contributed by atoms with E-state index in [4.69, 9.17) is 0 Å². The number of nitrogens with one attached hydrogen (secondary N) is 1. The number of hydrogen-bond donors (Lipinski definition) is 1. The van der Waals surface area contributed by atoms with Gasteiger partial charge < -0.3 is 10.2 Å². The summed E-state index contributed by atoms with van der Waals surface area (Å²) < 4.78 is 13.1. The van der Waals surface area contributed by atoms with Gasteiger partial charge >= 0.3 is 0 Å². The summed E-state index contributed by atoms with van der Waals surface area (Å²) in [6.45, 7) is 3.25. The lowest BCUT2D eigenvalue weighted by atomic mass is 9.81. The standard InChI is InChI=1S/C16H23FN2/c17-14-5-7-15(8-6-14)19-12-4-11-18-16(13-19)9-2-1-3-10-16/h5-8,18H,1-4,9-13H2. The van der Waals surface area contributed by atoms with Gasteiger partial charge in [0, 0.05) is 24.3 Å². The van der Waals surface area contributed by atoms with Crippen molar-refractivity contribution in [3.63, 3.8) is 0 Å². The van der Waals surface area contributed by atoms with Crippen molar-refractivity contribution >= 4 is 5.69 Å². The van der Waals surface area contributed by atoms with E-state index in [0.717, 1.165) is 25.3 Å². The Morgan fingerprint density at radius 1 is 1.00 bits per heavy atom. The van der Waals surface area contributed by atoms with Crippen LogP contribution in [0.15, 0.2) is 24.3 Å². The molecule has 0 aromatic heterocycles. The highest BCUT2D eigenvalue weighted by atomic mass is 19.1. The molecule has 1 spiro atoms. The van der Waals surface area contributed by atoms with E-state index in [1.54, 1.807) is 12.1 Å². The van der Waals surface area contributed by atoms with Crippen LogP contribution in [0.1, 0.15) is 38.5 Å². The molecular weight excluding hydrogens is 239 g/mol. The Morgan fingerprint density at radius 2 is 1.74 bits per heavy atom. The van der Waals surface area contributed by atoms with Gasteiger partial charge in [-0.15, -0.1) is 0 Å². The van der Waals surface area contributed by atoms with Crippen LogP contribution in [-0.4, -0.2) is 25.2 Å². The lowest BCUT2D eigenvalue weighted by Crippen LogP contribution is -2.52. The molecule has 0 bridgehead atoms. The van der Waals surface area contributed by atoms with Crippen LogP contribution >= 0.6 is 0 Å². The zero-order valence-electron chi connectivity index (χ0n) is 11.5. The second kappa shape index (κ2) is 5.49. The number of halogens is 1. The van der Waals surface area contributed by atoms with Gasteiger partial charge in [0.05, 0.1) is 0 Å². The summed E-state index contributed by atoms with van der Waals surface area (Å²) in [6, 6.07) is 6.97. The number of nitrogens with zero attached hydrogens (tertiary/aromatic N) is 1. The second-order valence-electron chi connectivity index (χ2n) is 6.02. The Hall–Kier alpha value is -1.09. The van der Waals surface area contributed by atoms with Gasteiger partial charge in [0.25, 0.3) is 0 Å². The maximum Gasteiger partial charge on any atom is 0.123 e. The fraction of sp³-hybridized carbons (Fsp3) is 0.625. The summed E-state index contributed by atoms with van der Waals surface area (Å²) in [7, 11) is 0. The van der Waals surface area contributed by atoms with E-state index < -0.39 is 0 Å². The predicted molar refractivity (Wildman–Crippen MR) is 77.0 cm³/mol. The summed E-state index contributed by atoms with van der Waals surface area (Å²) in [4.78, 5) is 2.44. The number of anilines is 1. The summed E-state index contributed by atoms with van der Waals surface area (Å²) in [5.74, 6) is -0.149. The topological polar surface area (TPSA) is 15.3 Å². The van der Waals surface area contributed by atoms with Crippen molar-refractivity contribution in [1.82, 2.24) is 5.32 Å². The third kappa shape index (κ3) is 2.92. The average molecular weight is 262 g/mol. The lowest BCUT2D eigenvalue weighted by Gasteiger charge is -2.40. The Morgan fingerprint density at radius 3 is 2.47 bits per heavy atom. The Labute approximate surface area is 115 Å². The molecule has 19 heavy (non-hydrogen) atoms. The monoisotopic (exact) mass is 262 g/mol. The van der Waals surface area contributed by atoms with Crippen LogP contribution in [0.3, 0.4) is 0 Å². The van der Waals surface area contributed by atoms with Gasteiger partial charge in [-0.25, -0.2) is 4.39 Å². The fourth-order valence-corrected chi connectivity index (χ4v) is 3.56. The van der Waals surface area contributed by atoms with Crippen molar-refractivity contribution in [3.05, 3.63) is 30.1 Å². The maximum absolute atomic E-state index is 13.1. The van der Waals surface area contributed by atoms with Crippen molar-refractivity contribution in [1.29, 1.82) is 0 Å². The molecule has 2 fully saturated rings. The van der Waals surface area contributed by atoms with Crippen LogP contribution in [-0.2, 0) is 0 Å². The molecule has 1 heterocycles. The summed E-state index contributed by atoms with van der Waals surface area (Å²) in [5.41, 5.74) is 1.46. The minimum atomic E-state index is -0.149. The molecule has 1 saturated heterocycles. The minimum Gasteiger partial charge on any atom is -0.370 e. The van der Waals surface area contributed by atoms with Gasteiger partial charge in [-0.3, -0.25) is 0 Å². The number of hydrogen-bond acceptors (Lipinski definition) is 2. The van der Waals surface area contributed by atoms with Gasteiger partial charge in [-0.1, -0.05) is 19.3 Å². The van der Waals surface area contributed by atoms with Crippen LogP contribution in [0, 0.1) is 5.82 Å². The van der Waals surface area contributed by atoms with Crippen LogP contribution < -0.4 is 10.2 Å². The van der Waals surface area contributed by atoms with E-state index in [0.29, 0.717) is 5.54 Å². The van der Waals surface area contributed by atoms with Crippen LogP contribution in [0.25, 0.3) is 0 Å². The van der Waals surface area contributed by atoms with Gasteiger partial charge in [0.15, 0.2) is 0 Å². The fourth-order valence-electron chi connectivity index (χ4n) is 3.56. The van der Waals surface area contributed by atoms with Gasteiger partial charge in [-0.2, -0.15) is 0 Å². The highest BCUT2D eigenvalue weighted by molar-refractivity contribution is 5.47. The molecule has 2 nitrogen and oxygen atoms in total. The Kier molecular flexibility index (Phi) is 3.74. The zero-order chi connectivity index (χ0) is 13.1. The molecule has 1 aromatic carbocycles. The van der Waals surface area contributed by atoms with E-state index in [1.807, 2.05) is 12.1 Å². The van der Waals surface area contributed by atoms with Gasteiger partial charge in [0.1, 0.15) is 5.82 Å². The average Bonchev–Trinajstić information content (AvgIpc) is 2.64. The zero-order valence-corrected chi connectivity index (χ0v) is 11.5. The largest absolute Gasteiger partial charge is 0.370 e. The van der Waals surface area contributed by atoms with Crippen molar-refractivity contribution in [2.75, 3.05) is 24.5 Å². The Balaban J connectivity index is 1.78. The molecule has 0 atom stereocenters. The van der Waals surface area contributed by atoms with E-state index in [1.165, 1.54) is 38.5 Å². The van der Waals surface area contributed by atoms with Gasteiger partial charge in [0.2, 0.25) is 0 Å². The molecule has 0 radical (unpaired) electrons. The molecule has 1 N–H and O–H groups in total. The molecule has 0 amide bonds. The first kappa shape index (κ1) is 12.9. The minimum absolute atomic E-state index is 0.149. The third-order valence-electron chi connectivity index (χ3n) is 4.60. The predicted octanol–water partition coefficient (Wildman–Crippen LogP) is 3.33. The van der Waals surface area contributed by atoms with Crippen LogP contribution in [0.2, 0.25) is 0 Å². The number of rotatable bonds is 1. The second-order valence-corrected chi connectivity index (χ2v) is 6.02. The van der Waals surface area contributed by atoms with Crippen molar-refractivity contribution in [2.45, 2.75) is 44.1 Å². The molecule has 3 heteroatoms. The van der Waals surface area contributed by atoms with Crippen molar-refractivity contribution < 1.29 is 4.39 Å². The van der Waals surface area contributed by atoms with Crippen LogP contribution in [0.4, 0.5) is 10.1 Å². The molecule has 3 rings (SSSR count). The quantitative estimate of drug-likeness (QED) is 0.835. The van der Waals surface area contributed by atoms with E-state index in [-0.39, 0.29) is 5.82 Å². The highest BCUT2D eigenvalue weighted by Crippen LogP contribution is 2.32. The molecule has 1 aliphatic carbocycles. The summed E-state index contributed by atoms with van der Waals surface area (Å²) >= 11 is 0.